The van der Waals surface area contributed by atoms with Gasteiger partial charge in [0.05, 0.1) is 19.4 Å². The van der Waals surface area contributed by atoms with Crippen LogP contribution >= 0.6 is 12.2 Å². The highest BCUT2D eigenvalue weighted by atomic mass is 32.1. The van der Waals surface area contributed by atoms with E-state index in [1.165, 1.54) is 12.3 Å². The molecular weight excluding hydrogens is 303 g/mol. The van der Waals surface area contributed by atoms with E-state index in [-0.39, 0.29) is 5.82 Å². The molecule has 7 heteroatoms. The number of thiocarbonyl (C=S) groups is 1. The highest BCUT2D eigenvalue weighted by Crippen LogP contribution is 2.02. The zero-order valence-corrected chi connectivity index (χ0v) is 13.2. The van der Waals surface area contributed by atoms with Crippen LogP contribution in [0.5, 0.6) is 0 Å². The minimum atomic E-state index is -0.308. The van der Waals surface area contributed by atoms with Gasteiger partial charge in [0.15, 0.2) is 5.11 Å². The first-order chi connectivity index (χ1) is 10.8. The van der Waals surface area contributed by atoms with Crippen molar-refractivity contribution in [1.82, 2.24) is 15.6 Å². The molecule has 1 aromatic rings. The summed E-state index contributed by atoms with van der Waals surface area (Å²) in [4.78, 5) is 2.37. The Morgan fingerprint density at radius 1 is 1.36 bits per heavy atom. The second kappa shape index (κ2) is 9.45. The second-order valence-electron chi connectivity index (χ2n) is 4.95. The maximum absolute atomic E-state index is 13.4. The van der Waals surface area contributed by atoms with Crippen molar-refractivity contribution in [2.75, 3.05) is 39.4 Å². The third kappa shape index (κ3) is 6.05. The van der Waals surface area contributed by atoms with Crippen molar-refractivity contribution in [2.24, 2.45) is 5.10 Å². The van der Waals surface area contributed by atoms with Gasteiger partial charge in [0, 0.05) is 25.2 Å². The van der Waals surface area contributed by atoms with Gasteiger partial charge in [0.2, 0.25) is 0 Å². The van der Waals surface area contributed by atoms with Crippen LogP contribution in [0.4, 0.5) is 4.39 Å². The molecule has 5 nitrogen and oxygen atoms in total. The van der Waals surface area contributed by atoms with E-state index in [0.29, 0.717) is 10.7 Å². The summed E-state index contributed by atoms with van der Waals surface area (Å²) >= 11 is 5.11. The lowest BCUT2D eigenvalue weighted by molar-refractivity contribution is 0.0376. The monoisotopic (exact) mass is 324 g/mol. The molecule has 22 heavy (non-hydrogen) atoms. The van der Waals surface area contributed by atoms with E-state index in [0.717, 1.165) is 45.8 Å². The fraction of sp³-hybridized carbons (Fsp3) is 0.467. The minimum Gasteiger partial charge on any atom is -0.379 e. The minimum absolute atomic E-state index is 0.308. The smallest absolute Gasteiger partial charge is 0.186 e. The third-order valence-corrected chi connectivity index (χ3v) is 3.55. The van der Waals surface area contributed by atoms with Gasteiger partial charge in [0.1, 0.15) is 5.82 Å². The van der Waals surface area contributed by atoms with Crippen LogP contribution in [0.3, 0.4) is 0 Å². The molecule has 2 rings (SSSR count). The van der Waals surface area contributed by atoms with Gasteiger partial charge in [0.25, 0.3) is 0 Å². The molecule has 120 valence electrons. The maximum Gasteiger partial charge on any atom is 0.186 e. The Kier molecular flexibility index (Phi) is 7.21. The lowest BCUT2D eigenvalue weighted by atomic mass is 10.2. The van der Waals surface area contributed by atoms with Gasteiger partial charge < -0.3 is 10.1 Å². The summed E-state index contributed by atoms with van der Waals surface area (Å²) in [5.41, 5.74) is 3.11. The highest BCUT2D eigenvalue weighted by Gasteiger charge is 2.08. The van der Waals surface area contributed by atoms with Crippen molar-refractivity contribution in [3.8, 4) is 0 Å². The largest absolute Gasteiger partial charge is 0.379 e. The van der Waals surface area contributed by atoms with Crippen LogP contribution in [-0.4, -0.2) is 55.6 Å². The predicted octanol–water partition coefficient (Wildman–Crippen LogP) is 1.35. The Morgan fingerprint density at radius 2 is 2.14 bits per heavy atom. The quantitative estimate of drug-likeness (QED) is 0.358. The number of rotatable bonds is 6. The molecule has 1 fully saturated rings. The zero-order chi connectivity index (χ0) is 15.6. The molecule has 0 unspecified atom stereocenters. The van der Waals surface area contributed by atoms with Gasteiger partial charge in [-0.3, -0.25) is 10.3 Å². The van der Waals surface area contributed by atoms with E-state index < -0.39 is 0 Å². The molecule has 0 aliphatic carbocycles. The summed E-state index contributed by atoms with van der Waals surface area (Å²) in [5.74, 6) is -0.308. The first kappa shape index (κ1) is 16.8. The molecule has 0 aromatic heterocycles. The Hall–Kier alpha value is -1.57. The molecule has 1 aliphatic heterocycles. The lowest BCUT2D eigenvalue weighted by Crippen LogP contribution is -2.39. The molecule has 0 amide bonds. The van der Waals surface area contributed by atoms with Gasteiger partial charge in [-0.15, -0.1) is 0 Å². The molecule has 1 saturated heterocycles. The first-order valence-electron chi connectivity index (χ1n) is 7.37. The molecular formula is C15H21FN4OS. The third-order valence-electron chi connectivity index (χ3n) is 3.32. The van der Waals surface area contributed by atoms with Crippen LogP contribution in [0.2, 0.25) is 0 Å². The van der Waals surface area contributed by atoms with Crippen molar-refractivity contribution < 1.29 is 9.13 Å². The standard InChI is InChI=1S/C15H21FN4OS/c16-14-5-2-1-4-13(14)12-18-19-15(22)17-6-3-7-20-8-10-21-11-9-20/h1-2,4-5,12H,3,6-11H2,(H2,17,19,22)/b18-12-. The molecule has 2 N–H and O–H groups in total. The van der Waals surface area contributed by atoms with Gasteiger partial charge in [-0.25, -0.2) is 4.39 Å². The average Bonchev–Trinajstić information content (AvgIpc) is 2.54. The summed E-state index contributed by atoms with van der Waals surface area (Å²) in [6.07, 6.45) is 2.41. The number of hydrogen-bond donors (Lipinski definition) is 2. The van der Waals surface area contributed by atoms with Crippen molar-refractivity contribution in [3.05, 3.63) is 35.6 Å². The Bertz CT molecular complexity index is 506. The summed E-state index contributed by atoms with van der Waals surface area (Å²) in [5, 5.41) is 7.44. The molecule has 0 saturated carbocycles. The fourth-order valence-electron chi connectivity index (χ4n) is 2.11. The molecule has 1 aromatic carbocycles. The van der Waals surface area contributed by atoms with E-state index in [1.54, 1.807) is 18.2 Å². The first-order valence-corrected chi connectivity index (χ1v) is 7.78. The number of hydrazone groups is 1. The van der Waals surface area contributed by atoms with Gasteiger partial charge in [-0.05, 0) is 31.2 Å². The number of ether oxygens (including phenoxy) is 1. The van der Waals surface area contributed by atoms with E-state index in [9.17, 15) is 4.39 Å². The summed E-state index contributed by atoms with van der Waals surface area (Å²) in [7, 11) is 0. The Morgan fingerprint density at radius 3 is 2.91 bits per heavy atom. The van der Waals surface area contributed by atoms with Crippen LogP contribution in [0, 0.1) is 5.82 Å². The number of nitrogens with zero attached hydrogens (tertiary/aromatic N) is 2. The number of morpholine rings is 1. The molecule has 0 atom stereocenters. The summed E-state index contributed by atoms with van der Waals surface area (Å²) in [6.45, 7) is 5.43. The summed E-state index contributed by atoms with van der Waals surface area (Å²) in [6, 6.07) is 6.44. The van der Waals surface area contributed by atoms with Crippen LogP contribution < -0.4 is 10.7 Å². The van der Waals surface area contributed by atoms with E-state index in [1.807, 2.05) is 0 Å². The number of nitrogens with one attached hydrogen (secondary N) is 2. The molecule has 0 bridgehead atoms. The SMILES string of the molecule is Fc1ccccc1/C=N\NC(=S)NCCCN1CCOCC1. The van der Waals surface area contributed by atoms with Crippen molar-refractivity contribution in [3.63, 3.8) is 0 Å². The predicted molar refractivity (Wildman–Crippen MR) is 89.6 cm³/mol. The van der Waals surface area contributed by atoms with Crippen molar-refractivity contribution in [1.29, 1.82) is 0 Å². The molecule has 0 radical (unpaired) electrons. The Labute approximate surface area is 135 Å². The van der Waals surface area contributed by atoms with Crippen LogP contribution in [0.15, 0.2) is 29.4 Å². The van der Waals surface area contributed by atoms with E-state index in [4.69, 9.17) is 17.0 Å². The number of benzene rings is 1. The second-order valence-corrected chi connectivity index (χ2v) is 5.36. The summed E-state index contributed by atoms with van der Waals surface area (Å²) < 4.78 is 18.7. The number of halogens is 1. The van der Waals surface area contributed by atoms with Crippen LogP contribution in [-0.2, 0) is 4.74 Å². The molecule has 1 aliphatic rings. The maximum atomic E-state index is 13.4. The zero-order valence-electron chi connectivity index (χ0n) is 12.4. The normalized spacial score (nSPS) is 15.9. The van der Waals surface area contributed by atoms with Crippen molar-refractivity contribution >= 4 is 23.5 Å². The topological polar surface area (TPSA) is 48.9 Å². The molecule has 1 heterocycles. The van der Waals surface area contributed by atoms with Gasteiger partial charge in [-0.1, -0.05) is 18.2 Å². The van der Waals surface area contributed by atoms with Crippen molar-refractivity contribution in [2.45, 2.75) is 6.42 Å². The van der Waals surface area contributed by atoms with Gasteiger partial charge in [-0.2, -0.15) is 5.10 Å². The van der Waals surface area contributed by atoms with Crippen LogP contribution in [0.25, 0.3) is 0 Å². The molecule has 0 spiro atoms. The van der Waals surface area contributed by atoms with Gasteiger partial charge >= 0.3 is 0 Å². The Balaban J connectivity index is 1.58. The highest BCUT2D eigenvalue weighted by molar-refractivity contribution is 7.80. The average molecular weight is 324 g/mol. The fourth-order valence-corrected chi connectivity index (χ4v) is 2.26. The lowest BCUT2D eigenvalue weighted by Gasteiger charge is -2.26. The van der Waals surface area contributed by atoms with Crippen LogP contribution in [0.1, 0.15) is 12.0 Å². The van der Waals surface area contributed by atoms with E-state index in [2.05, 4.69) is 20.7 Å². The number of hydrogen-bond acceptors (Lipinski definition) is 4. The van der Waals surface area contributed by atoms with E-state index >= 15 is 0 Å².